The van der Waals surface area contributed by atoms with Gasteiger partial charge in [0.05, 0.1) is 22.8 Å². The molecule has 0 bridgehead atoms. The molecule has 1 aliphatic heterocycles. The minimum absolute atomic E-state index is 0.347. The smallest absolute Gasteiger partial charge is 0.492 e. The van der Waals surface area contributed by atoms with Crippen LogP contribution in [-0.4, -0.2) is 24.9 Å². The highest BCUT2D eigenvalue weighted by atomic mass is 35.5. The van der Waals surface area contributed by atoms with Gasteiger partial charge in [-0.25, -0.2) is 0 Å². The third-order valence-corrected chi connectivity index (χ3v) is 4.55. The summed E-state index contributed by atoms with van der Waals surface area (Å²) in [5.74, 6) is 0.692. The molecule has 116 valence electrons. The molecule has 0 spiro atoms. The van der Waals surface area contributed by atoms with Gasteiger partial charge < -0.3 is 14.0 Å². The van der Waals surface area contributed by atoms with E-state index < -0.39 is 0 Å². The minimum Gasteiger partial charge on any atom is -0.492 e. The summed E-state index contributed by atoms with van der Waals surface area (Å²) in [6.45, 7) is 11.0. The van der Waals surface area contributed by atoms with Gasteiger partial charge in [-0.3, -0.25) is 0 Å². The van der Waals surface area contributed by atoms with E-state index in [2.05, 4.69) is 6.92 Å². The number of rotatable bonds is 5. The van der Waals surface area contributed by atoms with Crippen LogP contribution in [0.1, 0.15) is 47.5 Å². The molecule has 3 nitrogen and oxygen atoms in total. The first-order valence-corrected chi connectivity index (χ1v) is 7.92. The van der Waals surface area contributed by atoms with Crippen LogP contribution in [-0.2, 0) is 9.31 Å². The number of hydrogen-bond acceptors (Lipinski definition) is 3. The Kier molecular flexibility index (Phi) is 4.91. The van der Waals surface area contributed by atoms with Crippen LogP contribution in [0.5, 0.6) is 5.75 Å². The quantitative estimate of drug-likeness (QED) is 0.611. The molecule has 1 aromatic carbocycles. The Hall–Kier alpha value is -0.705. The molecule has 0 N–H and O–H groups in total. The predicted molar refractivity (Wildman–Crippen MR) is 87.6 cm³/mol. The number of ether oxygens (including phenoxy) is 1. The van der Waals surface area contributed by atoms with Gasteiger partial charge in [0.1, 0.15) is 5.75 Å². The summed E-state index contributed by atoms with van der Waals surface area (Å²) in [4.78, 5) is 0. The fourth-order valence-corrected chi connectivity index (χ4v) is 2.25. The number of benzene rings is 1. The van der Waals surface area contributed by atoms with Crippen molar-refractivity contribution in [1.29, 1.82) is 0 Å². The maximum atomic E-state index is 6.19. The highest BCUT2D eigenvalue weighted by Crippen LogP contribution is 2.37. The molecule has 1 saturated heterocycles. The Balaban J connectivity index is 2.16. The maximum Gasteiger partial charge on any atom is 0.494 e. The zero-order chi connectivity index (χ0) is 15.7. The number of halogens is 1. The van der Waals surface area contributed by atoms with Gasteiger partial charge in [0.2, 0.25) is 0 Å². The molecular weight excluding hydrogens is 286 g/mol. The van der Waals surface area contributed by atoms with Crippen molar-refractivity contribution in [2.24, 2.45) is 0 Å². The van der Waals surface area contributed by atoms with Crippen LogP contribution in [0.15, 0.2) is 18.2 Å². The van der Waals surface area contributed by atoms with Crippen LogP contribution in [0, 0.1) is 0 Å². The van der Waals surface area contributed by atoms with Crippen LogP contribution in [0.25, 0.3) is 0 Å². The summed E-state index contributed by atoms with van der Waals surface area (Å²) < 4.78 is 17.8. The second kappa shape index (κ2) is 6.19. The molecule has 21 heavy (non-hydrogen) atoms. The Morgan fingerprint density at radius 2 is 1.76 bits per heavy atom. The SMILES string of the molecule is CCCCOc1cc(B2OC(C)(C)C(C)(C)O2)ccc1Cl. The van der Waals surface area contributed by atoms with Gasteiger partial charge >= 0.3 is 7.12 Å². The van der Waals surface area contributed by atoms with Crippen molar-refractivity contribution in [2.45, 2.75) is 58.7 Å². The van der Waals surface area contributed by atoms with Crippen LogP contribution in [0.4, 0.5) is 0 Å². The molecule has 0 radical (unpaired) electrons. The molecular formula is C16H24BClO3. The predicted octanol–water partition coefficient (Wildman–Crippen LogP) is 3.82. The summed E-state index contributed by atoms with van der Waals surface area (Å²) in [5.41, 5.74) is 0.241. The van der Waals surface area contributed by atoms with Crippen LogP contribution < -0.4 is 10.2 Å². The first kappa shape index (κ1) is 16.7. The van der Waals surface area contributed by atoms with Crippen molar-refractivity contribution < 1.29 is 14.0 Å². The molecule has 2 rings (SSSR count). The number of unbranched alkanes of at least 4 members (excludes halogenated alkanes) is 1. The van der Waals surface area contributed by atoms with Crippen molar-refractivity contribution in [3.63, 3.8) is 0 Å². The van der Waals surface area contributed by atoms with E-state index >= 15 is 0 Å². The Morgan fingerprint density at radius 3 is 2.33 bits per heavy atom. The molecule has 0 saturated carbocycles. The normalized spacial score (nSPS) is 19.8. The van der Waals surface area contributed by atoms with Gasteiger partial charge in [-0.2, -0.15) is 0 Å². The average molecular weight is 311 g/mol. The van der Waals surface area contributed by atoms with Crippen LogP contribution in [0.3, 0.4) is 0 Å². The van der Waals surface area contributed by atoms with Crippen LogP contribution in [0.2, 0.25) is 5.02 Å². The van der Waals surface area contributed by atoms with E-state index in [0.29, 0.717) is 17.4 Å². The van der Waals surface area contributed by atoms with Gasteiger partial charge in [-0.15, -0.1) is 0 Å². The van der Waals surface area contributed by atoms with Crippen molar-refractivity contribution in [3.8, 4) is 5.75 Å². The molecule has 1 heterocycles. The molecule has 0 aromatic heterocycles. The fraction of sp³-hybridized carbons (Fsp3) is 0.625. The lowest BCUT2D eigenvalue weighted by Gasteiger charge is -2.32. The monoisotopic (exact) mass is 310 g/mol. The first-order valence-electron chi connectivity index (χ1n) is 7.55. The third-order valence-electron chi connectivity index (χ3n) is 4.24. The second-order valence-electron chi connectivity index (χ2n) is 6.48. The zero-order valence-electron chi connectivity index (χ0n) is 13.5. The standard InChI is InChI=1S/C16H24BClO3/c1-6-7-10-19-14-11-12(8-9-13(14)18)17-20-15(2,3)16(4,5)21-17/h8-9,11H,6-7,10H2,1-5H3. The van der Waals surface area contributed by atoms with E-state index in [1.165, 1.54) is 0 Å². The van der Waals surface area contributed by atoms with Gasteiger partial charge in [-0.1, -0.05) is 31.0 Å². The summed E-state index contributed by atoms with van der Waals surface area (Å²) in [6, 6.07) is 5.68. The Bertz CT molecular complexity index is 486. The van der Waals surface area contributed by atoms with Crippen molar-refractivity contribution in [1.82, 2.24) is 0 Å². The lowest BCUT2D eigenvalue weighted by Crippen LogP contribution is -2.41. The van der Waals surface area contributed by atoms with Gasteiger partial charge in [-0.05, 0) is 51.7 Å². The van der Waals surface area contributed by atoms with E-state index in [0.717, 1.165) is 18.3 Å². The summed E-state index contributed by atoms with van der Waals surface area (Å²) in [5, 5.41) is 0.617. The van der Waals surface area contributed by atoms with E-state index in [-0.39, 0.29) is 18.3 Å². The van der Waals surface area contributed by atoms with E-state index in [9.17, 15) is 0 Å². The van der Waals surface area contributed by atoms with Crippen molar-refractivity contribution in [2.75, 3.05) is 6.61 Å². The van der Waals surface area contributed by atoms with Gasteiger partial charge in [0.25, 0.3) is 0 Å². The van der Waals surface area contributed by atoms with Crippen molar-refractivity contribution >= 4 is 24.2 Å². The summed E-state index contributed by atoms with van der Waals surface area (Å²) >= 11 is 6.19. The first-order chi connectivity index (χ1) is 9.77. The number of hydrogen-bond donors (Lipinski definition) is 0. The lowest BCUT2D eigenvalue weighted by molar-refractivity contribution is 0.00578. The Morgan fingerprint density at radius 1 is 1.14 bits per heavy atom. The fourth-order valence-electron chi connectivity index (χ4n) is 2.08. The molecule has 1 fully saturated rings. The lowest BCUT2D eigenvalue weighted by atomic mass is 9.79. The molecule has 1 aromatic rings. The molecule has 1 aliphatic rings. The van der Waals surface area contributed by atoms with Gasteiger partial charge in [0.15, 0.2) is 0 Å². The average Bonchev–Trinajstić information content (AvgIpc) is 2.61. The largest absolute Gasteiger partial charge is 0.494 e. The Labute approximate surface area is 133 Å². The second-order valence-corrected chi connectivity index (χ2v) is 6.89. The minimum atomic E-state index is -0.388. The molecule has 0 amide bonds. The third kappa shape index (κ3) is 3.55. The van der Waals surface area contributed by atoms with E-state index in [4.69, 9.17) is 25.6 Å². The van der Waals surface area contributed by atoms with E-state index in [1.807, 2.05) is 45.9 Å². The zero-order valence-corrected chi connectivity index (χ0v) is 14.3. The van der Waals surface area contributed by atoms with E-state index in [1.54, 1.807) is 0 Å². The molecule has 0 unspecified atom stereocenters. The molecule has 0 atom stereocenters. The highest BCUT2D eigenvalue weighted by Gasteiger charge is 2.51. The van der Waals surface area contributed by atoms with Gasteiger partial charge in [0, 0.05) is 0 Å². The topological polar surface area (TPSA) is 27.7 Å². The highest BCUT2D eigenvalue weighted by molar-refractivity contribution is 6.62. The molecule has 5 heteroatoms. The molecule has 0 aliphatic carbocycles. The maximum absolute atomic E-state index is 6.19. The van der Waals surface area contributed by atoms with Crippen LogP contribution >= 0.6 is 11.6 Å². The summed E-state index contributed by atoms with van der Waals surface area (Å²) in [6.07, 6.45) is 2.10. The van der Waals surface area contributed by atoms with Crippen molar-refractivity contribution in [3.05, 3.63) is 23.2 Å². The summed E-state index contributed by atoms with van der Waals surface area (Å²) in [7, 11) is -0.388.